The van der Waals surface area contributed by atoms with Crippen LogP contribution in [0.1, 0.15) is 12.8 Å². The Balaban J connectivity index is 0.000000433. The van der Waals surface area contributed by atoms with Crippen LogP contribution < -0.4 is 0 Å². The standard InChI is InChI=1S/C23H16N.C4H7O2.Pt/c1-3-8-18(9-4-1)20-12-7-13-22(16-20)23-17-21(14-15-24-23)19-10-5-2-6-11-19;1-2-3-4(5)6;/h1-12,14-17H;1-3H2,(H,5,6);/q2*-1;+2. The van der Waals surface area contributed by atoms with E-state index in [1.165, 1.54) is 22.3 Å². The summed E-state index contributed by atoms with van der Waals surface area (Å²) >= 11 is 0. The molecule has 3 aromatic carbocycles. The predicted molar refractivity (Wildman–Crippen MR) is 122 cm³/mol. The molecule has 1 aromatic heterocycles. The molecule has 0 saturated heterocycles. The van der Waals surface area contributed by atoms with Crippen molar-refractivity contribution in [3.63, 3.8) is 0 Å². The van der Waals surface area contributed by atoms with E-state index in [0.29, 0.717) is 6.42 Å². The number of benzene rings is 3. The maximum atomic E-state index is 9.56. The van der Waals surface area contributed by atoms with E-state index >= 15 is 0 Å². The summed E-state index contributed by atoms with van der Waals surface area (Å²) in [6.07, 6.45) is 2.52. The van der Waals surface area contributed by atoms with Crippen LogP contribution in [0, 0.1) is 13.0 Å². The van der Waals surface area contributed by atoms with Crippen LogP contribution in [0.5, 0.6) is 0 Å². The molecule has 31 heavy (non-hydrogen) atoms. The number of hydrogen-bond acceptors (Lipinski definition) is 2. The van der Waals surface area contributed by atoms with Gasteiger partial charge in [0.15, 0.2) is 0 Å². The molecule has 0 radical (unpaired) electrons. The minimum atomic E-state index is -0.773. The zero-order chi connectivity index (χ0) is 21.2. The van der Waals surface area contributed by atoms with Gasteiger partial charge in [-0.05, 0) is 28.5 Å². The molecule has 0 saturated carbocycles. The zero-order valence-electron chi connectivity index (χ0n) is 17.0. The maximum absolute atomic E-state index is 9.56. The van der Waals surface area contributed by atoms with Crippen molar-refractivity contribution in [1.82, 2.24) is 4.98 Å². The van der Waals surface area contributed by atoms with E-state index in [2.05, 4.69) is 84.7 Å². The Labute approximate surface area is 198 Å². The predicted octanol–water partition coefficient (Wildman–Crippen LogP) is 6.57. The fourth-order valence-corrected chi connectivity index (χ4v) is 2.96. The number of carbonyl (C=O) groups is 1. The molecular weight excluding hydrogens is 565 g/mol. The number of nitrogens with zero attached hydrogens (tertiary/aromatic N) is 1. The van der Waals surface area contributed by atoms with Crippen molar-refractivity contribution in [2.75, 3.05) is 0 Å². The summed E-state index contributed by atoms with van der Waals surface area (Å²) in [7, 11) is 0. The Morgan fingerprint density at radius 1 is 0.839 bits per heavy atom. The van der Waals surface area contributed by atoms with Gasteiger partial charge in [0.25, 0.3) is 0 Å². The third-order valence-corrected chi connectivity index (χ3v) is 4.44. The normalized spacial score (nSPS) is 9.71. The van der Waals surface area contributed by atoms with E-state index < -0.39 is 5.97 Å². The Hall–Kier alpha value is -3.03. The second-order valence-corrected chi connectivity index (χ2v) is 6.65. The topological polar surface area (TPSA) is 50.2 Å². The maximum Gasteiger partial charge on any atom is 2.00 e. The third-order valence-electron chi connectivity index (χ3n) is 4.44. The van der Waals surface area contributed by atoms with E-state index in [0.717, 1.165) is 11.3 Å². The van der Waals surface area contributed by atoms with Crippen LogP contribution in [0.15, 0.2) is 97.2 Å². The number of aliphatic carboxylic acids is 1. The average Bonchev–Trinajstić information content (AvgIpc) is 2.81. The van der Waals surface area contributed by atoms with Crippen molar-refractivity contribution in [2.24, 2.45) is 0 Å². The van der Waals surface area contributed by atoms with Gasteiger partial charge in [-0.3, -0.25) is 4.79 Å². The van der Waals surface area contributed by atoms with Crippen LogP contribution in [0.2, 0.25) is 0 Å². The number of carboxylic acid groups (broad SMARTS) is 1. The Bertz CT molecular complexity index is 1000. The molecule has 4 heteroatoms. The van der Waals surface area contributed by atoms with Gasteiger partial charge in [0.1, 0.15) is 0 Å². The first-order chi connectivity index (χ1) is 14.7. The number of aromatic nitrogens is 1. The molecule has 0 bridgehead atoms. The molecule has 1 heterocycles. The van der Waals surface area contributed by atoms with E-state index in [1.54, 1.807) is 0 Å². The number of carboxylic acids is 1. The first-order valence-corrected chi connectivity index (χ1v) is 9.77. The van der Waals surface area contributed by atoms with Gasteiger partial charge in [0.05, 0.1) is 0 Å². The van der Waals surface area contributed by atoms with Crippen molar-refractivity contribution in [2.45, 2.75) is 12.8 Å². The summed E-state index contributed by atoms with van der Waals surface area (Å²) in [4.78, 5) is 14.1. The molecule has 158 valence electrons. The van der Waals surface area contributed by atoms with Crippen LogP contribution >= 0.6 is 0 Å². The molecule has 4 rings (SSSR count). The monoisotopic (exact) mass is 588 g/mol. The van der Waals surface area contributed by atoms with Gasteiger partial charge < -0.3 is 17.0 Å². The minimum absolute atomic E-state index is 0. The first kappa shape index (κ1) is 24.2. The molecule has 0 aliphatic carbocycles. The molecule has 0 spiro atoms. The molecule has 0 amide bonds. The second kappa shape index (κ2) is 12.6. The molecule has 0 atom stereocenters. The van der Waals surface area contributed by atoms with E-state index in [1.807, 2.05) is 30.5 Å². The van der Waals surface area contributed by atoms with Gasteiger partial charge in [0.2, 0.25) is 0 Å². The van der Waals surface area contributed by atoms with Gasteiger partial charge in [-0.25, -0.2) is 0 Å². The van der Waals surface area contributed by atoms with Crippen LogP contribution in [-0.4, -0.2) is 16.1 Å². The molecule has 0 aliphatic rings. The van der Waals surface area contributed by atoms with Crippen molar-refractivity contribution in [3.8, 4) is 33.5 Å². The Kier molecular flexibility index (Phi) is 9.86. The van der Waals surface area contributed by atoms with Crippen molar-refractivity contribution >= 4 is 5.97 Å². The summed E-state index contributed by atoms with van der Waals surface area (Å²) in [5.74, 6) is -0.773. The second-order valence-electron chi connectivity index (χ2n) is 6.65. The molecule has 4 aromatic rings. The van der Waals surface area contributed by atoms with E-state index in [4.69, 9.17) is 5.11 Å². The average molecular weight is 589 g/mol. The fraction of sp³-hybridized carbons (Fsp3) is 0.0741. The summed E-state index contributed by atoms with van der Waals surface area (Å²) in [6.45, 7) is 3.34. The number of hydrogen-bond donors (Lipinski definition) is 1. The Morgan fingerprint density at radius 3 is 1.94 bits per heavy atom. The minimum Gasteiger partial charge on any atom is -0.481 e. The number of pyridine rings is 1. The van der Waals surface area contributed by atoms with Gasteiger partial charge in [0, 0.05) is 12.6 Å². The summed E-state index contributed by atoms with van der Waals surface area (Å²) in [5.41, 5.74) is 6.69. The van der Waals surface area contributed by atoms with Gasteiger partial charge in [-0.2, -0.15) is 6.42 Å². The van der Waals surface area contributed by atoms with Gasteiger partial charge in [-0.1, -0.05) is 66.7 Å². The largest absolute Gasteiger partial charge is 2.00 e. The van der Waals surface area contributed by atoms with E-state index in [9.17, 15) is 4.79 Å². The summed E-state index contributed by atoms with van der Waals surface area (Å²) < 4.78 is 0. The van der Waals surface area contributed by atoms with Crippen LogP contribution in [0.4, 0.5) is 0 Å². The molecule has 0 fully saturated rings. The summed E-state index contributed by atoms with van der Waals surface area (Å²) in [6, 6.07) is 34.4. The molecule has 0 aliphatic heterocycles. The van der Waals surface area contributed by atoms with Crippen LogP contribution in [0.25, 0.3) is 33.5 Å². The van der Waals surface area contributed by atoms with Crippen molar-refractivity contribution < 1.29 is 31.0 Å². The van der Waals surface area contributed by atoms with Gasteiger partial charge in [-0.15, -0.1) is 35.4 Å². The number of rotatable bonds is 5. The molecule has 3 nitrogen and oxygen atoms in total. The van der Waals surface area contributed by atoms with Crippen molar-refractivity contribution in [3.05, 3.63) is 110 Å². The molecule has 0 unspecified atom stereocenters. The smallest absolute Gasteiger partial charge is 0.481 e. The quantitative estimate of drug-likeness (QED) is 0.269. The SMILES string of the molecule is [CH2-]CCC(=O)O.[Pt+2].[c-]1ccc(-c2ccccc2)cc1-c1cc(-c2ccccc2)ccn1. The Morgan fingerprint density at radius 2 is 1.42 bits per heavy atom. The van der Waals surface area contributed by atoms with Crippen LogP contribution in [0.3, 0.4) is 0 Å². The van der Waals surface area contributed by atoms with Crippen LogP contribution in [-0.2, 0) is 25.9 Å². The van der Waals surface area contributed by atoms with Crippen molar-refractivity contribution in [1.29, 1.82) is 0 Å². The van der Waals surface area contributed by atoms with E-state index in [-0.39, 0.29) is 27.5 Å². The first-order valence-electron chi connectivity index (χ1n) is 9.77. The molecular formula is C27H23NO2Pt. The fourth-order valence-electron chi connectivity index (χ4n) is 2.96. The zero-order valence-corrected chi connectivity index (χ0v) is 19.3. The van der Waals surface area contributed by atoms with Gasteiger partial charge >= 0.3 is 27.0 Å². The third kappa shape index (κ3) is 7.31. The molecule has 1 N–H and O–H groups in total. The summed E-state index contributed by atoms with van der Waals surface area (Å²) in [5, 5.41) is 7.87.